The van der Waals surface area contributed by atoms with Gasteiger partial charge in [-0.1, -0.05) is 0 Å². The first kappa shape index (κ1) is 7.67. The molecule has 1 aliphatic heterocycles. The van der Waals surface area contributed by atoms with Crippen molar-refractivity contribution in [2.45, 2.75) is 12.5 Å². The molecule has 0 amide bonds. The molecule has 1 fully saturated rings. The molecule has 1 saturated heterocycles. The van der Waals surface area contributed by atoms with Crippen LogP contribution in [0.3, 0.4) is 0 Å². The first-order chi connectivity index (χ1) is 4.64. The molecule has 0 aromatic heterocycles. The van der Waals surface area contributed by atoms with E-state index in [1.807, 2.05) is 0 Å². The average Bonchev–Trinajstić information content (AvgIpc) is 1.86. The molecule has 1 heterocycles. The van der Waals surface area contributed by atoms with Crippen LogP contribution in [0.2, 0.25) is 0 Å². The van der Waals surface area contributed by atoms with Gasteiger partial charge in [-0.3, -0.25) is 9.05 Å². The topological polar surface area (TPSA) is 59.3 Å². The van der Waals surface area contributed by atoms with Crippen LogP contribution in [-0.2, 0) is 13.6 Å². The van der Waals surface area contributed by atoms with E-state index in [0.29, 0.717) is 0 Å². The largest absolute Gasteiger partial charge is 0.514 e. The summed E-state index contributed by atoms with van der Waals surface area (Å²) in [4.78, 5) is 0. The van der Waals surface area contributed by atoms with Gasteiger partial charge in [-0.25, -0.2) is 4.57 Å². The van der Waals surface area contributed by atoms with Gasteiger partial charge >= 0.3 is 7.91 Å². The molecule has 0 bridgehead atoms. The summed E-state index contributed by atoms with van der Waals surface area (Å²) < 4.78 is 30.9. The third-order valence-electron chi connectivity index (χ3n) is 1.02. The average molecular weight is 165 g/mol. The van der Waals surface area contributed by atoms with Crippen LogP contribution >= 0.6 is 7.91 Å². The minimum absolute atomic E-state index is 0.0218. The molecule has 1 aliphatic rings. The van der Waals surface area contributed by atoms with Crippen LogP contribution in [0, 0.1) is 11.3 Å². The van der Waals surface area contributed by atoms with Crippen molar-refractivity contribution in [1.29, 1.82) is 5.26 Å². The van der Waals surface area contributed by atoms with Gasteiger partial charge in [-0.15, -0.1) is 4.20 Å². The normalized spacial score (nSPS) is 40.6. The van der Waals surface area contributed by atoms with Crippen LogP contribution in [0.1, 0.15) is 6.42 Å². The predicted octanol–water partition coefficient (Wildman–Crippen LogP) is 1.39. The molecule has 0 aromatic carbocycles. The number of nitriles is 1. The van der Waals surface area contributed by atoms with E-state index in [9.17, 15) is 8.76 Å². The van der Waals surface area contributed by atoms with Crippen LogP contribution in [-0.4, -0.2) is 12.7 Å². The zero-order chi connectivity index (χ0) is 7.61. The van der Waals surface area contributed by atoms with Crippen molar-refractivity contribution in [3.05, 3.63) is 0 Å². The van der Waals surface area contributed by atoms with Crippen molar-refractivity contribution in [1.82, 2.24) is 0 Å². The third kappa shape index (κ3) is 1.77. The Morgan fingerprint density at radius 2 is 2.50 bits per heavy atom. The van der Waals surface area contributed by atoms with Crippen molar-refractivity contribution >= 4 is 7.91 Å². The second kappa shape index (κ2) is 2.67. The van der Waals surface area contributed by atoms with E-state index in [-0.39, 0.29) is 13.0 Å². The molecular formula is C4H5FNO3P. The van der Waals surface area contributed by atoms with Crippen molar-refractivity contribution in [2.24, 2.45) is 0 Å². The fraction of sp³-hybridized carbons (Fsp3) is 0.750. The standard InChI is InChI=1S/C4H5FNO3P/c5-10(7)8-2-1-4(3-6)9-10/h4H,1-2H2. The van der Waals surface area contributed by atoms with Crippen LogP contribution in [0.5, 0.6) is 0 Å². The Kier molecular flexibility index (Phi) is 2.05. The van der Waals surface area contributed by atoms with Crippen molar-refractivity contribution in [3.63, 3.8) is 0 Å². The minimum atomic E-state index is -4.38. The summed E-state index contributed by atoms with van der Waals surface area (Å²) in [7, 11) is -4.38. The molecular weight excluding hydrogens is 160 g/mol. The van der Waals surface area contributed by atoms with Crippen molar-refractivity contribution < 1.29 is 17.8 Å². The second-order valence-corrected chi connectivity index (χ2v) is 3.11. The smallest absolute Gasteiger partial charge is 0.283 e. The fourth-order valence-corrected chi connectivity index (χ4v) is 1.43. The molecule has 0 saturated carbocycles. The SMILES string of the molecule is N#CC1CCOP(=O)(F)O1. The molecule has 1 rings (SSSR count). The summed E-state index contributed by atoms with van der Waals surface area (Å²) in [5.74, 6) is 0. The second-order valence-electron chi connectivity index (χ2n) is 1.78. The molecule has 0 radical (unpaired) electrons. The fourth-order valence-electron chi connectivity index (χ4n) is 0.592. The lowest BCUT2D eigenvalue weighted by Gasteiger charge is -2.18. The van der Waals surface area contributed by atoms with Gasteiger partial charge in [-0.05, 0) is 0 Å². The van der Waals surface area contributed by atoms with Crippen LogP contribution in [0.25, 0.3) is 0 Å². The Morgan fingerprint density at radius 3 is 2.90 bits per heavy atom. The van der Waals surface area contributed by atoms with E-state index in [2.05, 4.69) is 9.05 Å². The Morgan fingerprint density at radius 1 is 1.80 bits per heavy atom. The highest BCUT2D eigenvalue weighted by Gasteiger charge is 2.33. The van der Waals surface area contributed by atoms with E-state index in [1.54, 1.807) is 6.07 Å². The Labute approximate surface area is 57.2 Å². The van der Waals surface area contributed by atoms with Gasteiger partial charge in [0.15, 0.2) is 6.10 Å². The lowest BCUT2D eigenvalue weighted by atomic mass is 10.3. The number of hydrogen-bond donors (Lipinski definition) is 0. The zero-order valence-electron chi connectivity index (χ0n) is 4.99. The van der Waals surface area contributed by atoms with Gasteiger partial charge in [0.05, 0.1) is 12.7 Å². The Balaban J connectivity index is 2.58. The summed E-state index contributed by atoms with van der Waals surface area (Å²) in [6.07, 6.45) is -0.658. The molecule has 0 spiro atoms. The van der Waals surface area contributed by atoms with Gasteiger partial charge in [0.25, 0.3) is 0 Å². The van der Waals surface area contributed by atoms with E-state index in [1.165, 1.54) is 0 Å². The van der Waals surface area contributed by atoms with Crippen LogP contribution in [0.15, 0.2) is 0 Å². The van der Waals surface area contributed by atoms with E-state index in [0.717, 1.165) is 0 Å². The van der Waals surface area contributed by atoms with Gasteiger partial charge in [0, 0.05) is 6.42 Å². The number of rotatable bonds is 0. The molecule has 56 valence electrons. The highest BCUT2D eigenvalue weighted by atomic mass is 31.2. The highest BCUT2D eigenvalue weighted by Crippen LogP contribution is 2.53. The first-order valence-corrected chi connectivity index (χ1v) is 4.10. The Hall–Kier alpha value is -0.430. The molecule has 0 aromatic rings. The molecule has 6 heteroatoms. The minimum Gasteiger partial charge on any atom is -0.283 e. The number of nitrogens with zero attached hydrogens (tertiary/aromatic N) is 1. The van der Waals surface area contributed by atoms with E-state index < -0.39 is 14.0 Å². The molecule has 0 N–H and O–H groups in total. The summed E-state index contributed by atoms with van der Waals surface area (Å²) in [6, 6.07) is 1.65. The van der Waals surface area contributed by atoms with E-state index in [4.69, 9.17) is 5.26 Å². The number of halogens is 1. The van der Waals surface area contributed by atoms with Crippen LogP contribution < -0.4 is 0 Å². The lowest BCUT2D eigenvalue weighted by molar-refractivity contribution is 0.0898. The maximum absolute atomic E-state index is 12.3. The predicted molar refractivity (Wildman–Crippen MR) is 29.8 cm³/mol. The van der Waals surface area contributed by atoms with Gasteiger partial charge in [0.1, 0.15) is 0 Å². The summed E-state index contributed by atoms with van der Waals surface area (Å²) in [6.45, 7) is -0.0218. The molecule has 2 unspecified atom stereocenters. The summed E-state index contributed by atoms with van der Waals surface area (Å²) in [5.41, 5.74) is 0. The zero-order valence-corrected chi connectivity index (χ0v) is 5.88. The maximum Gasteiger partial charge on any atom is 0.514 e. The van der Waals surface area contributed by atoms with Crippen LogP contribution in [0.4, 0.5) is 4.20 Å². The maximum atomic E-state index is 12.3. The van der Waals surface area contributed by atoms with Gasteiger partial charge < -0.3 is 0 Å². The third-order valence-corrected chi connectivity index (χ3v) is 2.02. The molecule has 10 heavy (non-hydrogen) atoms. The van der Waals surface area contributed by atoms with Gasteiger partial charge in [-0.2, -0.15) is 5.26 Å². The van der Waals surface area contributed by atoms with E-state index >= 15 is 0 Å². The molecule has 4 nitrogen and oxygen atoms in total. The monoisotopic (exact) mass is 165 g/mol. The highest BCUT2D eigenvalue weighted by molar-refractivity contribution is 7.48. The summed E-state index contributed by atoms with van der Waals surface area (Å²) >= 11 is 0. The quantitative estimate of drug-likeness (QED) is 0.509. The Bertz CT molecular complexity index is 213. The summed E-state index contributed by atoms with van der Waals surface area (Å²) in [5, 5.41) is 8.20. The van der Waals surface area contributed by atoms with Gasteiger partial charge in [0.2, 0.25) is 0 Å². The van der Waals surface area contributed by atoms with Crippen molar-refractivity contribution in [2.75, 3.05) is 6.61 Å². The lowest BCUT2D eigenvalue weighted by Crippen LogP contribution is -2.16. The first-order valence-electron chi connectivity index (χ1n) is 2.66. The molecule has 0 aliphatic carbocycles. The van der Waals surface area contributed by atoms with Crippen molar-refractivity contribution in [3.8, 4) is 6.07 Å². The molecule has 2 atom stereocenters. The number of hydrogen-bond acceptors (Lipinski definition) is 4.